The second-order valence-corrected chi connectivity index (χ2v) is 7.42. The number of halogens is 1. The van der Waals surface area contributed by atoms with Crippen LogP contribution in [-0.4, -0.2) is 36.1 Å². The van der Waals surface area contributed by atoms with Crippen LogP contribution in [0, 0.1) is 12.7 Å². The molecule has 3 aromatic heterocycles. The lowest BCUT2D eigenvalue weighted by Gasteiger charge is -2.09. The van der Waals surface area contributed by atoms with Crippen LogP contribution in [0.15, 0.2) is 53.6 Å². The Labute approximate surface area is 170 Å². The quantitative estimate of drug-likeness (QED) is 0.550. The monoisotopic (exact) mass is 406 g/mol. The predicted octanol–water partition coefficient (Wildman–Crippen LogP) is 2.10. The van der Waals surface area contributed by atoms with Gasteiger partial charge in [-0.2, -0.15) is 10.2 Å². The number of hydrogen-bond donors (Lipinski definition) is 1. The molecule has 1 N–H and O–H groups in total. The molecule has 0 radical (unpaired) electrons. The number of fused-ring (bicyclic) bond motifs is 1. The van der Waals surface area contributed by atoms with Gasteiger partial charge in [0.15, 0.2) is 5.82 Å². The van der Waals surface area contributed by atoms with Gasteiger partial charge in [-0.25, -0.2) is 13.8 Å². The zero-order valence-electron chi connectivity index (χ0n) is 16.2. The standard InChI is InChI=1S/C21H19FN6O2/c1-13-19-18(21(30)27(24-13)12-17(29)23-15-7-8-15)20(26-9-2-3-10-26)28(25-19)16-6-4-5-14(22)11-16/h2-6,9-11,15H,7-8,12H2,1H3,(H,23,29). The van der Waals surface area contributed by atoms with E-state index >= 15 is 0 Å². The number of carbonyl (C=O) groups excluding carboxylic acids is 1. The maximum Gasteiger partial charge on any atom is 0.280 e. The van der Waals surface area contributed by atoms with Gasteiger partial charge in [-0.3, -0.25) is 9.59 Å². The van der Waals surface area contributed by atoms with Gasteiger partial charge in [-0.15, -0.1) is 0 Å². The van der Waals surface area contributed by atoms with Crippen molar-refractivity contribution in [3.63, 3.8) is 0 Å². The summed E-state index contributed by atoms with van der Waals surface area (Å²) in [5.74, 6) is -0.187. The van der Waals surface area contributed by atoms with Gasteiger partial charge in [0.25, 0.3) is 5.56 Å². The maximum atomic E-state index is 13.9. The minimum absolute atomic E-state index is 0.164. The van der Waals surface area contributed by atoms with Crippen LogP contribution in [0.4, 0.5) is 4.39 Å². The number of hydrogen-bond acceptors (Lipinski definition) is 4. The van der Waals surface area contributed by atoms with E-state index in [0.29, 0.717) is 28.1 Å². The molecule has 0 spiro atoms. The molecule has 4 aromatic rings. The van der Waals surface area contributed by atoms with E-state index in [2.05, 4.69) is 15.5 Å². The zero-order chi connectivity index (χ0) is 20.8. The molecule has 0 unspecified atom stereocenters. The Balaban J connectivity index is 1.73. The topological polar surface area (TPSA) is 86.7 Å². The number of amides is 1. The third-order valence-corrected chi connectivity index (χ3v) is 5.06. The molecule has 0 atom stereocenters. The summed E-state index contributed by atoms with van der Waals surface area (Å²) >= 11 is 0. The van der Waals surface area contributed by atoms with Crippen molar-refractivity contribution in [1.82, 2.24) is 29.4 Å². The summed E-state index contributed by atoms with van der Waals surface area (Å²) in [4.78, 5) is 25.6. The van der Waals surface area contributed by atoms with E-state index in [4.69, 9.17) is 0 Å². The van der Waals surface area contributed by atoms with Crippen molar-refractivity contribution in [2.75, 3.05) is 0 Å². The van der Waals surface area contributed by atoms with E-state index < -0.39 is 11.4 Å². The fourth-order valence-electron chi connectivity index (χ4n) is 3.51. The Bertz CT molecular complexity index is 1320. The molecular weight excluding hydrogens is 387 g/mol. The van der Waals surface area contributed by atoms with Crippen molar-refractivity contribution >= 4 is 16.8 Å². The summed E-state index contributed by atoms with van der Waals surface area (Å²) in [7, 11) is 0. The number of rotatable bonds is 5. The molecule has 5 rings (SSSR count). The van der Waals surface area contributed by atoms with E-state index in [1.807, 2.05) is 12.1 Å². The van der Waals surface area contributed by atoms with E-state index in [0.717, 1.165) is 12.8 Å². The lowest BCUT2D eigenvalue weighted by molar-refractivity contribution is -0.122. The first-order chi connectivity index (χ1) is 14.5. The molecule has 1 amide bonds. The van der Waals surface area contributed by atoms with Crippen LogP contribution in [0.5, 0.6) is 0 Å². The second-order valence-electron chi connectivity index (χ2n) is 7.42. The van der Waals surface area contributed by atoms with Crippen LogP contribution in [0.2, 0.25) is 0 Å². The van der Waals surface area contributed by atoms with Gasteiger partial charge in [-0.05, 0) is 50.1 Å². The molecule has 152 valence electrons. The van der Waals surface area contributed by atoms with Crippen molar-refractivity contribution in [3.8, 4) is 11.5 Å². The highest BCUT2D eigenvalue weighted by molar-refractivity contribution is 5.88. The summed E-state index contributed by atoms with van der Waals surface area (Å²) in [6.45, 7) is 1.57. The van der Waals surface area contributed by atoms with Gasteiger partial charge in [-0.1, -0.05) is 6.07 Å². The first-order valence-electron chi connectivity index (χ1n) is 9.70. The van der Waals surface area contributed by atoms with Gasteiger partial charge in [0, 0.05) is 18.4 Å². The highest BCUT2D eigenvalue weighted by Crippen LogP contribution is 2.25. The molecule has 0 saturated heterocycles. The fraction of sp³-hybridized carbons (Fsp3) is 0.238. The van der Waals surface area contributed by atoms with Crippen LogP contribution in [0.3, 0.4) is 0 Å². The first-order valence-corrected chi connectivity index (χ1v) is 9.70. The van der Waals surface area contributed by atoms with Gasteiger partial charge in [0.1, 0.15) is 23.3 Å². The molecule has 1 aliphatic carbocycles. The molecule has 1 saturated carbocycles. The Morgan fingerprint density at radius 1 is 1.20 bits per heavy atom. The maximum absolute atomic E-state index is 13.9. The normalized spacial score (nSPS) is 13.7. The number of nitrogens with one attached hydrogen (secondary N) is 1. The van der Waals surface area contributed by atoms with Crippen molar-refractivity contribution in [1.29, 1.82) is 0 Å². The van der Waals surface area contributed by atoms with Gasteiger partial charge < -0.3 is 9.88 Å². The second kappa shape index (κ2) is 6.94. The van der Waals surface area contributed by atoms with Gasteiger partial charge in [0.05, 0.1) is 11.4 Å². The molecular formula is C21H19FN6O2. The van der Waals surface area contributed by atoms with Crippen molar-refractivity contribution in [2.24, 2.45) is 0 Å². The molecule has 3 heterocycles. The minimum atomic E-state index is -0.423. The van der Waals surface area contributed by atoms with E-state index in [1.54, 1.807) is 36.0 Å². The Morgan fingerprint density at radius 2 is 1.97 bits per heavy atom. The van der Waals surface area contributed by atoms with E-state index in [9.17, 15) is 14.0 Å². The van der Waals surface area contributed by atoms with Crippen LogP contribution in [0.1, 0.15) is 18.5 Å². The van der Waals surface area contributed by atoms with Gasteiger partial charge >= 0.3 is 0 Å². The van der Waals surface area contributed by atoms with Gasteiger partial charge in [0.2, 0.25) is 5.91 Å². The largest absolute Gasteiger partial charge is 0.352 e. The van der Waals surface area contributed by atoms with Crippen molar-refractivity contribution in [2.45, 2.75) is 32.4 Å². The zero-order valence-corrected chi connectivity index (χ0v) is 16.2. The number of aryl methyl sites for hydroxylation is 1. The van der Waals surface area contributed by atoms with Crippen LogP contribution >= 0.6 is 0 Å². The lowest BCUT2D eigenvalue weighted by Crippen LogP contribution is -2.35. The Morgan fingerprint density at radius 3 is 2.67 bits per heavy atom. The molecule has 30 heavy (non-hydrogen) atoms. The summed E-state index contributed by atoms with van der Waals surface area (Å²) in [6.07, 6.45) is 5.49. The average molecular weight is 406 g/mol. The predicted molar refractivity (Wildman–Crippen MR) is 108 cm³/mol. The molecule has 0 bridgehead atoms. The third kappa shape index (κ3) is 3.18. The van der Waals surface area contributed by atoms with Crippen LogP contribution in [0.25, 0.3) is 22.4 Å². The van der Waals surface area contributed by atoms with Crippen LogP contribution < -0.4 is 10.9 Å². The smallest absolute Gasteiger partial charge is 0.280 e. The van der Waals surface area contributed by atoms with Crippen molar-refractivity contribution < 1.29 is 9.18 Å². The molecule has 1 aliphatic rings. The number of nitrogens with zero attached hydrogens (tertiary/aromatic N) is 5. The molecule has 8 nitrogen and oxygen atoms in total. The van der Waals surface area contributed by atoms with E-state index in [1.165, 1.54) is 21.5 Å². The SMILES string of the molecule is Cc1nn(CC(=O)NC2CC2)c(=O)c2c(-n3cccc3)n(-c3cccc(F)c3)nc12. The molecule has 1 fully saturated rings. The highest BCUT2D eigenvalue weighted by Gasteiger charge is 2.25. The first kappa shape index (κ1) is 18.3. The summed E-state index contributed by atoms with van der Waals surface area (Å²) in [5, 5.41) is 12.1. The summed E-state index contributed by atoms with van der Waals surface area (Å²) < 4.78 is 18.3. The number of aromatic nitrogens is 5. The van der Waals surface area contributed by atoms with E-state index in [-0.39, 0.29) is 18.5 Å². The molecule has 9 heteroatoms. The Hall–Kier alpha value is -3.75. The highest BCUT2D eigenvalue weighted by atomic mass is 19.1. The molecule has 0 aliphatic heterocycles. The third-order valence-electron chi connectivity index (χ3n) is 5.06. The number of carbonyl (C=O) groups is 1. The molecule has 1 aromatic carbocycles. The van der Waals surface area contributed by atoms with Crippen molar-refractivity contribution in [3.05, 3.63) is 70.7 Å². The van der Waals surface area contributed by atoms with Crippen LogP contribution in [-0.2, 0) is 11.3 Å². The summed E-state index contributed by atoms with van der Waals surface area (Å²) in [5.41, 5.74) is 0.971. The average Bonchev–Trinajstić information content (AvgIpc) is 3.20. The number of benzene rings is 1. The minimum Gasteiger partial charge on any atom is -0.352 e. The fourth-order valence-corrected chi connectivity index (χ4v) is 3.51. The Kier molecular flexibility index (Phi) is 4.23. The lowest BCUT2D eigenvalue weighted by atomic mass is 10.2. The summed E-state index contributed by atoms with van der Waals surface area (Å²) in [6, 6.07) is 9.84.